The molecule has 0 aliphatic carbocycles. The molecule has 0 saturated heterocycles. The van der Waals surface area contributed by atoms with Crippen molar-refractivity contribution in [1.82, 2.24) is 0 Å². The molecule has 184 valence electrons. The standard InChI is InChI=1S/C30H28O4S2/c1-17-13-19(3)25(20(4)14-17)27(33-29(31)23-9-7-11-35-23)28(34-30(32)24-10-8-12-36-24)26-21(5)15-18(2)16-22(26)6/h7-16H,1-6H3/b28-27+. The molecule has 0 radical (unpaired) electrons. The minimum Gasteiger partial charge on any atom is -0.418 e. The number of esters is 2. The van der Waals surface area contributed by atoms with Crippen molar-refractivity contribution in [2.75, 3.05) is 0 Å². The monoisotopic (exact) mass is 516 g/mol. The van der Waals surface area contributed by atoms with Gasteiger partial charge in [-0.2, -0.15) is 0 Å². The quantitative estimate of drug-likeness (QED) is 0.147. The Hall–Kier alpha value is -3.48. The van der Waals surface area contributed by atoms with Gasteiger partial charge in [0.05, 0.1) is 0 Å². The molecule has 2 aromatic heterocycles. The Kier molecular flexibility index (Phi) is 7.57. The van der Waals surface area contributed by atoms with Gasteiger partial charge in [-0.3, -0.25) is 0 Å². The predicted molar refractivity (Wildman–Crippen MR) is 148 cm³/mol. The molecule has 6 heteroatoms. The van der Waals surface area contributed by atoms with Crippen LogP contribution in [0.15, 0.2) is 59.3 Å². The zero-order chi connectivity index (χ0) is 26.0. The van der Waals surface area contributed by atoms with Gasteiger partial charge in [0.25, 0.3) is 0 Å². The normalized spacial score (nSPS) is 11.7. The van der Waals surface area contributed by atoms with Crippen molar-refractivity contribution >= 4 is 46.1 Å². The first kappa shape index (κ1) is 25.6. The number of hydrogen-bond donors (Lipinski definition) is 0. The Morgan fingerprint density at radius 2 is 0.917 bits per heavy atom. The number of hydrogen-bond acceptors (Lipinski definition) is 6. The zero-order valence-electron chi connectivity index (χ0n) is 21.2. The summed E-state index contributed by atoms with van der Waals surface area (Å²) < 4.78 is 12.3. The lowest BCUT2D eigenvalue weighted by molar-refractivity contribution is 0.0651. The van der Waals surface area contributed by atoms with Crippen molar-refractivity contribution in [3.05, 3.63) is 114 Å². The van der Waals surface area contributed by atoms with Gasteiger partial charge in [0.15, 0.2) is 11.5 Å². The van der Waals surface area contributed by atoms with E-state index in [2.05, 4.69) is 0 Å². The molecule has 4 nitrogen and oxygen atoms in total. The first-order valence-electron chi connectivity index (χ1n) is 11.6. The Morgan fingerprint density at radius 1 is 0.583 bits per heavy atom. The number of ether oxygens (including phenoxy) is 2. The Balaban J connectivity index is 2.03. The van der Waals surface area contributed by atoms with Gasteiger partial charge in [-0.15, -0.1) is 22.7 Å². The lowest BCUT2D eigenvalue weighted by Gasteiger charge is -2.21. The van der Waals surface area contributed by atoms with Crippen molar-refractivity contribution in [2.45, 2.75) is 41.5 Å². The third-order valence-corrected chi connectivity index (χ3v) is 7.55. The van der Waals surface area contributed by atoms with E-state index in [1.807, 2.05) is 76.6 Å². The van der Waals surface area contributed by atoms with E-state index in [9.17, 15) is 9.59 Å². The third-order valence-electron chi connectivity index (χ3n) is 5.85. The molecule has 0 spiro atoms. The topological polar surface area (TPSA) is 52.6 Å². The van der Waals surface area contributed by atoms with Gasteiger partial charge < -0.3 is 9.47 Å². The molecule has 0 N–H and O–H groups in total. The van der Waals surface area contributed by atoms with E-state index in [0.29, 0.717) is 9.75 Å². The number of carbonyl (C=O) groups excluding carboxylic acids is 2. The first-order valence-corrected chi connectivity index (χ1v) is 13.3. The second-order valence-corrected chi connectivity index (χ2v) is 10.8. The SMILES string of the molecule is Cc1cc(C)c(/C(OC(=O)c2cccs2)=C(\OC(=O)c2cccs2)c2c(C)cc(C)cc2C)c(C)c1. The molecular weight excluding hydrogens is 488 g/mol. The molecule has 0 aliphatic rings. The molecule has 4 aromatic rings. The highest BCUT2D eigenvalue weighted by molar-refractivity contribution is 7.12. The van der Waals surface area contributed by atoms with E-state index in [1.54, 1.807) is 24.3 Å². The maximum absolute atomic E-state index is 13.3. The van der Waals surface area contributed by atoms with E-state index >= 15 is 0 Å². The maximum Gasteiger partial charge on any atom is 0.353 e. The van der Waals surface area contributed by atoms with Gasteiger partial charge in [0, 0.05) is 11.1 Å². The number of aryl methyl sites for hydroxylation is 6. The minimum atomic E-state index is -0.494. The summed E-state index contributed by atoms with van der Waals surface area (Å²) in [4.78, 5) is 27.5. The molecule has 0 saturated carbocycles. The van der Waals surface area contributed by atoms with Crippen LogP contribution in [0.2, 0.25) is 0 Å². The Morgan fingerprint density at radius 3 is 1.19 bits per heavy atom. The fraction of sp³-hybridized carbons (Fsp3) is 0.200. The van der Waals surface area contributed by atoms with Crippen molar-refractivity contribution in [1.29, 1.82) is 0 Å². The van der Waals surface area contributed by atoms with E-state index in [-0.39, 0.29) is 11.5 Å². The maximum atomic E-state index is 13.3. The van der Waals surface area contributed by atoms with E-state index in [1.165, 1.54) is 22.7 Å². The molecule has 2 heterocycles. The molecule has 0 amide bonds. The second-order valence-electron chi connectivity index (χ2n) is 8.94. The largest absolute Gasteiger partial charge is 0.418 e. The summed E-state index contributed by atoms with van der Waals surface area (Å²) in [5.41, 5.74) is 7.36. The molecular formula is C30H28O4S2. The van der Waals surface area contributed by atoms with E-state index in [4.69, 9.17) is 9.47 Å². The summed E-state index contributed by atoms with van der Waals surface area (Å²) in [5.74, 6) is -0.510. The van der Waals surface area contributed by atoms with Crippen LogP contribution in [0.3, 0.4) is 0 Å². The summed E-state index contributed by atoms with van der Waals surface area (Å²) in [7, 11) is 0. The summed E-state index contributed by atoms with van der Waals surface area (Å²) in [6.07, 6.45) is 0. The van der Waals surface area contributed by atoms with Gasteiger partial charge in [0.2, 0.25) is 0 Å². The zero-order valence-corrected chi connectivity index (χ0v) is 22.9. The second kappa shape index (κ2) is 10.6. The fourth-order valence-electron chi connectivity index (χ4n) is 4.57. The summed E-state index contributed by atoms with van der Waals surface area (Å²) >= 11 is 2.61. The van der Waals surface area contributed by atoms with Crippen molar-refractivity contribution < 1.29 is 19.1 Å². The number of thiophene rings is 2. The molecule has 0 bridgehead atoms. The van der Waals surface area contributed by atoms with Crippen LogP contribution in [0.1, 0.15) is 63.9 Å². The summed E-state index contributed by atoms with van der Waals surface area (Å²) in [5, 5.41) is 3.66. The first-order chi connectivity index (χ1) is 17.2. The lowest BCUT2D eigenvalue weighted by Crippen LogP contribution is -2.13. The lowest BCUT2D eigenvalue weighted by atomic mass is 9.93. The highest BCUT2D eigenvalue weighted by atomic mass is 32.1. The molecule has 36 heavy (non-hydrogen) atoms. The third kappa shape index (κ3) is 5.35. The predicted octanol–water partition coefficient (Wildman–Crippen LogP) is 8.20. The fourth-order valence-corrected chi connectivity index (χ4v) is 5.77. The average Bonchev–Trinajstić information content (AvgIpc) is 3.50. The van der Waals surface area contributed by atoms with Gasteiger partial charge in [0.1, 0.15) is 9.75 Å². The average molecular weight is 517 g/mol. The van der Waals surface area contributed by atoms with Crippen LogP contribution in [0, 0.1) is 41.5 Å². The summed E-state index contributed by atoms with van der Waals surface area (Å²) in [6.45, 7) is 11.9. The van der Waals surface area contributed by atoms with E-state index < -0.39 is 11.9 Å². The Labute approximate surface area is 219 Å². The van der Waals surface area contributed by atoms with E-state index in [0.717, 1.165) is 44.5 Å². The van der Waals surface area contributed by atoms with Gasteiger partial charge in [-0.1, -0.05) is 47.5 Å². The van der Waals surface area contributed by atoms with Crippen LogP contribution in [0.4, 0.5) is 0 Å². The van der Waals surface area contributed by atoms with Crippen LogP contribution >= 0.6 is 22.7 Å². The van der Waals surface area contributed by atoms with Crippen LogP contribution in [-0.4, -0.2) is 11.9 Å². The highest BCUT2D eigenvalue weighted by Gasteiger charge is 2.27. The van der Waals surface area contributed by atoms with Crippen LogP contribution in [0.5, 0.6) is 0 Å². The molecule has 2 aromatic carbocycles. The van der Waals surface area contributed by atoms with Gasteiger partial charge in [-0.05, 0) is 86.7 Å². The molecule has 0 fully saturated rings. The van der Waals surface area contributed by atoms with Gasteiger partial charge >= 0.3 is 11.9 Å². The van der Waals surface area contributed by atoms with Crippen molar-refractivity contribution in [3.8, 4) is 0 Å². The number of carbonyl (C=O) groups is 2. The minimum absolute atomic E-state index is 0.239. The van der Waals surface area contributed by atoms with Crippen LogP contribution in [-0.2, 0) is 9.47 Å². The van der Waals surface area contributed by atoms with Crippen LogP contribution < -0.4 is 0 Å². The number of benzene rings is 2. The molecule has 0 unspecified atom stereocenters. The smallest absolute Gasteiger partial charge is 0.353 e. The van der Waals surface area contributed by atoms with Crippen molar-refractivity contribution in [2.24, 2.45) is 0 Å². The Bertz CT molecular complexity index is 1300. The molecule has 0 aliphatic heterocycles. The molecule has 4 rings (SSSR count). The van der Waals surface area contributed by atoms with Crippen molar-refractivity contribution in [3.63, 3.8) is 0 Å². The van der Waals surface area contributed by atoms with Gasteiger partial charge in [-0.25, -0.2) is 9.59 Å². The number of rotatable bonds is 6. The highest BCUT2D eigenvalue weighted by Crippen LogP contribution is 2.37. The molecule has 0 atom stereocenters. The summed E-state index contributed by atoms with van der Waals surface area (Å²) in [6, 6.07) is 15.2. The van der Waals surface area contributed by atoms with Crippen LogP contribution in [0.25, 0.3) is 11.5 Å².